The normalized spacial score (nSPS) is 17.8. The first-order chi connectivity index (χ1) is 43.3. The van der Waals surface area contributed by atoms with Crippen LogP contribution < -0.4 is 43.0 Å². The van der Waals surface area contributed by atoms with Gasteiger partial charge in [0.2, 0.25) is 29.5 Å². The van der Waals surface area contributed by atoms with Gasteiger partial charge in [-0.1, -0.05) is 104 Å². The van der Waals surface area contributed by atoms with Crippen LogP contribution in [0.2, 0.25) is 0 Å². The van der Waals surface area contributed by atoms with Gasteiger partial charge in [0.1, 0.15) is 24.7 Å². The van der Waals surface area contributed by atoms with E-state index in [2.05, 4.69) is 26.6 Å². The lowest BCUT2D eigenvalue weighted by atomic mass is 9.89. The average molecular weight is 1270 g/mol. The molecule has 0 aliphatic carbocycles. The highest BCUT2D eigenvalue weighted by molar-refractivity contribution is 6.13. The molecule has 2 aromatic rings. The van der Waals surface area contributed by atoms with Crippen molar-refractivity contribution in [3.8, 4) is 0 Å². The molecule has 2 aromatic carbocycles. The van der Waals surface area contributed by atoms with Crippen LogP contribution in [0.5, 0.6) is 0 Å². The Morgan fingerprint density at radius 3 is 1.99 bits per heavy atom. The van der Waals surface area contributed by atoms with Gasteiger partial charge in [0.25, 0.3) is 23.6 Å². The van der Waals surface area contributed by atoms with Crippen molar-refractivity contribution < 1.29 is 71.7 Å². The minimum atomic E-state index is -1.62. The molecule has 2 saturated heterocycles. The molecule has 3 heterocycles. The topological polar surface area (TPSA) is 350 Å². The molecule has 0 aromatic heterocycles. The van der Waals surface area contributed by atoms with Crippen LogP contribution >= 0.6 is 0 Å². The summed E-state index contributed by atoms with van der Waals surface area (Å²) in [4.78, 5) is 153. The van der Waals surface area contributed by atoms with Crippen molar-refractivity contribution in [2.75, 3.05) is 65.6 Å². The number of methoxy groups -OCH3 is 2. The fourth-order valence-corrected chi connectivity index (χ4v) is 11.8. The number of imide groups is 1. The van der Waals surface area contributed by atoms with Gasteiger partial charge in [-0.15, -0.1) is 0 Å². The highest BCUT2D eigenvalue weighted by Gasteiger charge is 2.50. The van der Waals surface area contributed by atoms with Crippen LogP contribution in [0, 0.1) is 23.7 Å². The largest absolute Gasteiger partial charge is 0.445 e. The highest BCUT2D eigenvalue weighted by atomic mass is 16.6. The van der Waals surface area contributed by atoms with Gasteiger partial charge in [0.15, 0.2) is 5.54 Å². The summed E-state index contributed by atoms with van der Waals surface area (Å²) in [5.41, 5.74) is 11.3. The number of hydrogen-bond acceptors (Lipinski definition) is 15. The molecule has 26 heteroatoms. The number of carbonyl (C=O) groups is 11. The number of benzene rings is 2. The summed E-state index contributed by atoms with van der Waals surface area (Å²) in [5.74, 6) is -5.91. The Hall–Kier alpha value is -7.97. The van der Waals surface area contributed by atoms with Crippen LogP contribution in [-0.2, 0) is 75.1 Å². The molecule has 9 N–H and O–H groups in total. The fourth-order valence-electron chi connectivity index (χ4n) is 11.8. The zero-order valence-corrected chi connectivity index (χ0v) is 54.5. The number of carbonyl (C=O) groups excluding carboxylic acids is 11. The van der Waals surface area contributed by atoms with E-state index in [-0.39, 0.29) is 88.1 Å². The molecule has 0 radical (unpaired) electrons. The van der Waals surface area contributed by atoms with E-state index in [4.69, 9.17) is 30.4 Å². The number of anilines is 1. The highest BCUT2D eigenvalue weighted by Crippen LogP contribution is 2.31. The number of alkyl carbamates (subject to hydrolysis) is 1. The zero-order valence-electron chi connectivity index (χ0n) is 54.5. The second-order valence-electron chi connectivity index (χ2n) is 24.6. The maximum absolute atomic E-state index is 14.8. The number of rotatable bonds is 37. The van der Waals surface area contributed by atoms with E-state index >= 15 is 0 Å². The summed E-state index contributed by atoms with van der Waals surface area (Å²) in [6.07, 6.45) is 4.26. The summed E-state index contributed by atoms with van der Waals surface area (Å²) in [5, 5.41) is 13.8. The van der Waals surface area contributed by atoms with Crippen molar-refractivity contribution in [3.63, 3.8) is 0 Å². The molecule has 0 saturated carbocycles. The Morgan fingerprint density at radius 1 is 0.769 bits per heavy atom. The predicted octanol–water partition coefficient (Wildman–Crippen LogP) is 3.36. The Bertz CT molecular complexity index is 2830. The molecule has 3 aliphatic heterocycles. The third kappa shape index (κ3) is 20.5. The number of unbranched alkanes of at least 4 members (excludes halogenated alkanes) is 2. The number of nitrogens with zero attached hydrogens (tertiary/aromatic N) is 4. The Balaban J connectivity index is 1.22. The Kier molecular flexibility index (Phi) is 28.8. The molecule has 3 aliphatic rings. The average Bonchev–Trinajstić information content (AvgIpc) is 1.20. The maximum Gasteiger partial charge on any atom is 0.408 e. The minimum Gasteiger partial charge on any atom is -0.445 e. The van der Waals surface area contributed by atoms with Crippen LogP contribution in [-0.4, -0.2) is 189 Å². The first-order valence-corrected chi connectivity index (χ1v) is 31.6. The second kappa shape index (κ2) is 35.6. The number of ether oxygens (including phenoxy) is 4. The van der Waals surface area contributed by atoms with E-state index in [9.17, 15) is 52.7 Å². The predicted molar refractivity (Wildman–Crippen MR) is 338 cm³/mol. The number of urea groups is 1. The number of likely N-dealkylation sites (tertiary alicyclic amines) is 1. The maximum atomic E-state index is 14.8. The van der Waals surface area contributed by atoms with Crippen molar-refractivity contribution in [2.45, 2.75) is 174 Å². The van der Waals surface area contributed by atoms with Crippen LogP contribution in [0.25, 0.3) is 0 Å². The van der Waals surface area contributed by atoms with Crippen LogP contribution in [0.15, 0.2) is 66.7 Å². The lowest BCUT2D eigenvalue weighted by Crippen LogP contribution is -2.72. The van der Waals surface area contributed by atoms with Crippen molar-refractivity contribution in [2.24, 2.45) is 35.1 Å². The van der Waals surface area contributed by atoms with E-state index in [0.717, 1.165) is 10.5 Å². The van der Waals surface area contributed by atoms with Gasteiger partial charge >= 0.3 is 12.1 Å². The molecule has 12 amide bonds. The molecule has 502 valence electrons. The van der Waals surface area contributed by atoms with Gasteiger partial charge in [-0.3, -0.25) is 53.0 Å². The number of hydrogen-bond donors (Lipinski definition) is 7. The third-order valence-corrected chi connectivity index (χ3v) is 17.4. The molecular formula is C65H97N11O15. The van der Waals surface area contributed by atoms with Gasteiger partial charge in [-0.05, 0) is 86.0 Å². The molecule has 0 unspecified atom stereocenters. The van der Waals surface area contributed by atoms with Crippen molar-refractivity contribution in [1.82, 2.24) is 41.3 Å². The summed E-state index contributed by atoms with van der Waals surface area (Å²) in [7, 11) is 4.67. The molecule has 5 rings (SSSR count). The molecule has 26 nitrogen and oxygen atoms in total. The number of likely N-dealkylation sites (N-methyl/N-ethyl adjacent to an activating group) is 1. The SMILES string of the molecule is CC[C@H](C)[C@@H]([C@@H](CC(=O)N1CCC[C@H]1[C@H](OC)[C@@H](C)C(=O)NCCc1ccccc1)OC)N(C)C(=O)[C@@H](NC(=O)C1(NC(=O)OCc2ccc(N(C(=O)[C@@H](NC(=O)CCCCCN3C(=O)C=CC3=O)C(C)C)[C@@H](CCCNC(N)=O)C(N)=O)cc2)COC1)C(C)C. The number of nitrogens with one attached hydrogen (secondary N) is 5. The summed E-state index contributed by atoms with van der Waals surface area (Å²) in [6, 6.07) is 10.7. The molecule has 91 heavy (non-hydrogen) atoms. The smallest absolute Gasteiger partial charge is 0.408 e. The van der Waals surface area contributed by atoms with E-state index in [1.807, 2.05) is 44.2 Å². The lowest BCUT2D eigenvalue weighted by molar-refractivity contribution is -0.153. The van der Waals surface area contributed by atoms with E-state index < -0.39 is 113 Å². The standard InChI is InChI=1S/C65H97N11O15/c1-11-42(6)56(49(88-9)36-53(80)74-35-19-23-47(74)57(89-10)43(7)59(82)68-33-31-44-20-14-12-15-21-44)73(8)60(83)54(40(2)3)71-62(85)65(38-90-39-65)72-64(87)91-37-45-25-27-46(28-26-45)76(48(58(66)81)22-18-32-69-63(67)86)61(84)55(41(4)5)70-50(77)24-16-13-17-34-75-51(78)29-30-52(75)79/h12,14-15,20-21,25-30,40-43,47-49,54-57H,11,13,16-19,22-24,31-39H2,1-10H3,(H2,66,81)(H,68,82)(H,70,77)(H,71,85)(H,72,87)(H3,67,69,86)/t42-,43+,47-,48-,49+,54-,55-,56-,57+/m0/s1. The van der Waals surface area contributed by atoms with Gasteiger partial charge < -0.3 is 66.8 Å². The minimum absolute atomic E-state index is 0.00324. The van der Waals surface area contributed by atoms with Gasteiger partial charge in [0.05, 0.1) is 49.8 Å². The van der Waals surface area contributed by atoms with Crippen molar-refractivity contribution in [3.05, 3.63) is 77.9 Å². The zero-order chi connectivity index (χ0) is 67.1. The van der Waals surface area contributed by atoms with Gasteiger partial charge in [-0.25, -0.2) is 9.59 Å². The molecule has 0 spiro atoms. The molecular weight excluding hydrogens is 1170 g/mol. The summed E-state index contributed by atoms with van der Waals surface area (Å²) < 4.78 is 23.1. The first kappa shape index (κ1) is 73.8. The number of amides is 12. The second-order valence-corrected chi connectivity index (χ2v) is 24.6. The molecule has 9 atom stereocenters. The van der Waals surface area contributed by atoms with E-state index in [1.54, 1.807) is 65.8 Å². The molecule has 2 fully saturated rings. The first-order valence-electron chi connectivity index (χ1n) is 31.6. The van der Waals surface area contributed by atoms with Gasteiger partial charge in [0, 0.05) is 71.7 Å². The lowest BCUT2D eigenvalue weighted by Gasteiger charge is -2.43. The van der Waals surface area contributed by atoms with Crippen LogP contribution in [0.3, 0.4) is 0 Å². The monoisotopic (exact) mass is 1270 g/mol. The Morgan fingerprint density at radius 2 is 1.42 bits per heavy atom. The van der Waals surface area contributed by atoms with Crippen molar-refractivity contribution >= 4 is 71.0 Å². The molecule has 0 bridgehead atoms. The van der Waals surface area contributed by atoms with Crippen LogP contribution in [0.1, 0.15) is 124 Å². The summed E-state index contributed by atoms with van der Waals surface area (Å²) in [6.45, 7) is 13.2. The van der Waals surface area contributed by atoms with Gasteiger partial charge in [-0.2, -0.15) is 0 Å². The number of primary amides is 2. The third-order valence-electron chi connectivity index (χ3n) is 17.4. The quantitative estimate of drug-likeness (QED) is 0.0377. The van der Waals surface area contributed by atoms with E-state index in [1.165, 1.54) is 41.2 Å². The van der Waals surface area contributed by atoms with E-state index in [0.29, 0.717) is 63.6 Å². The van der Waals surface area contributed by atoms with Crippen molar-refractivity contribution in [1.29, 1.82) is 0 Å². The Labute approximate surface area is 534 Å². The number of nitrogens with two attached hydrogens (primary N) is 2. The fraction of sp³-hybridized carbons (Fsp3) is 0.615. The summed E-state index contributed by atoms with van der Waals surface area (Å²) >= 11 is 0. The van der Waals surface area contributed by atoms with Crippen LogP contribution in [0.4, 0.5) is 15.3 Å².